The van der Waals surface area contributed by atoms with Gasteiger partial charge in [0.25, 0.3) is 5.91 Å². The van der Waals surface area contributed by atoms with Crippen molar-refractivity contribution in [3.8, 4) is 0 Å². The highest BCUT2D eigenvalue weighted by molar-refractivity contribution is 5.94. The number of benzene rings is 2. The minimum Gasteiger partial charge on any atom is -0.337 e. The fourth-order valence-corrected chi connectivity index (χ4v) is 2.22. The number of rotatable bonds is 4. The first-order chi connectivity index (χ1) is 10.0. The SMILES string of the molecule is Cc1ccc(CN(C)C(=O)c2ccc(NN)c(C)c2)cc1. The summed E-state index contributed by atoms with van der Waals surface area (Å²) in [5.41, 5.74) is 7.39. The van der Waals surface area contributed by atoms with Gasteiger partial charge in [0.1, 0.15) is 0 Å². The van der Waals surface area contributed by atoms with E-state index >= 15 is 0 Å². The van der Waals surface area contributed by atoms with Crippen molar-refractivity contribution in [1.82, 2.24) is 4.90 Å². The maximum atomic E-state index is 12.4. The lowest BCUT2D eigenvalue weighted by atomic mass is 10.1. The Morgan fingerprint density at radius 2 is 1.81 bits per heavy atom. The van der Waals surface area contributed by atoms with E-state index in [1.54, 1.807) is 11.0 Å². The second kappa shape index (κ2) is 6.41. The van der Waals surface area contributed by atoms with E-state index in [-0.39, 0.29) is 5.91 Å². The summed E-state index contributed by atoms with van der Waals surface area (Å²) in [4.78, 5) is 14.2. The molecule has 0 radical (unpaired) electrons. The molecule has 0 aliphatic carbocycles. The van der Waals surface area contributed by atoms with Crippen LogP contribution in [0.4, 0.5) is 5.69 Å². The largest absolute Gasteiger partial charge is 0.337 e. The zero-order chi connectivity index (χ0) is 15.4. The van der Waals surface area contributed by atoms with Crippen LogP contribution in [0.25, 0.3) is 0 Å². The fraction of sp³-hybridized carbons (Fsp3) is 0.235. The van der Waals surface area contributed by atoms with Gasteiger partial charge in [0, 0.05) is 19.2 Å². The Morgan fingerprint density at radius 3 is 2.38 bits per heavy atom. The van der Waals surface area contributed by atoms with Gasteiger partial charge in [-0.2, -0.15) is 0 Å². The number of anilines is 1. The monoisotopic (exact) mass is 283 g/mol. The summed E-state index contributed by atoms with van der Waals surface area (Å²) in [5.74, 6) is 5.41. The summed E-state index contributed by atoms with van der Waals surface area (Å²) >= 11 is 0. The molecule has 0 atom stereocenters. The van der Waals surface area contributed by atoms with Gasteiger partial charge in [0.15, 0.2) is 0 Å². The van der Waals surface area contributed by atoms with Gasteiger partial charge >= 0.3 is 0 Å². The normalized spacial score (nSPS) is 10.3. The predicted octanol–water partition coefficient (Wildman–Crippen LogP) is 2.86. The molecule has 0 spiro atoms. The molecule has 0 bridgehead atoms. The summed E-state index contributed by atoms with van der Waals surface area (Å²) in [5, 5.41) is 0. The van der Waals surface area contributed by atoms with E-state index < -0.39 is 0 Å². The van der Waals surface area contributed by atoms with Crippen LogP contribution in [-0.4, -0.2) is 17.9 Å². The van der Waals surface area contributed by atoms with Crippen molar-refractivity contribution in [2.75, 3.05) is 12.5 Å². The van der Waals surface area contributed by atoms with E-state index in [9.17, 15) is 4.79 Å². The molecule has 2 aromatic rings. The lowest BCUT2D eigenvalue weighted by molar-refractivity contribution is 0.0785. The molecule has 4 nitrogen and oxygen atoms in total. The molecule has 0 fully saturated rings. The van der Waals surface area contributed by atoms with Gasteiger partial charge < -0.3 is 10.3 Å². The molecule has 21 heavy (non-hydrogen) atoms. The number of carbonyl (C=O) groups excluding carboxylic acids is 1. The third kappa shape index (κ3) is 3.61. The smallest absolute Gasteiger partial charge is 0.253 e. The van der Waals surface area contributed by atoms with Gasteiger partial charge in [-0.3, -0.25) is 10.6 Å². The molecule has 110 valence electrons. The maximum Gasteiger partial charge on any atom is 0.253 e. The highest BCUT2D eigenvalue weighted by atomic mass is 16.2. The number of carbonyl (C=O) groups is 1. The quantitative estimate of drug-likeness (QED) is 0.670. The molecule has 0 aliphatic heterocycles. The molecule has 2 aromatic carbocycles. The van der Waals surface area contributed by atoms with E-state index in [0.717, 1.165) is 16.8 Å². The summed E-state index contributed by atoms with van der Waals surface area (Å²) < 4.78 is 0. The number of hydrogen-bond donors (Lipinski definition) is 2. The fourth-order valence-electron chi connectivity index (χ4n) is 2.22. The molecular formula is C17H21N3O. The van der Waals surface area contributed by atoms with Crippen LogP contribution >= 0.6 is 0 Å². The lowest BCUT2D eigenvalue weighted by Crippen LogP contribution is -2.26. The molecule has 2 rings (SSSR count). The second-order valence-electron chi connectivity index (χ2n) is 5.32. The third-order valence-corrected chi connectivity index (χ3v) is 3.52. The average Bonchev–Trinajstić information content (AvgIpc) is 2.48. The number of aryl methyl sites for hydroxylation is 2. The summed E-state index contributed by atoms with van der Waals surface area (Å²) in [6.45, 7) is 4.56. The molecule has 0 saturated heterocycles. The van der Waals surface area contributed by atoms with Gasteiger partial charge in [-0.1, -0.05) is 29.8 Å². The molecule has 0 heterocycles. The number of nitrogens with one attached hydrogen (secondary N) is 1. The first-order valence-electron chi connectivity index (χ1n) is 6.89. The van der Waals surface area contributed by atoms with E-state index in [1.807, 2.05) is 38.2 Å². The Hall–Kier alpha value is -2.33. The molecule has 0 unspecified atom stereocenters. The summed E-state index contributed by atoms with van der Waals surface area (Å²) in [6.07, 6.45) is 0. The topological polar surface area (TPSA) is 58.4 Å². The maximum absolute atomic E-state index is 12.4. The minimum absolute atomic E-state index is 0.00208. The second-order valence-corrected chi connectivity index (χ2v) is 5.32. The highest BCUT2D eigenvalue weighted by Gasteiger charge is 2.13. The average molecular weight is 283 g/mol. The molecule has 1 amide bonds. The van der Waals surface area contributed by atoms with Crippen molar-refractivity contribution in [1.29, 1.82) is 0 Å². The lowest BCUT2D eigenvalue weighted by Gasteiger charge is -2.18. The molecule has 4 heteroatoms. The van der Waals surface area contributed by atoms with Gasteiger partial charge in [0.05, 0.1) is 5.69 Å². The molecule has 0 aromatic heterocycles. The number of nitrogens with zero attached hydrogens (tertiary/aromatic N) is 1. The Balaban J connectivity index is 2.11. The van der Waals surface area contributed by atoms with Crippen LogP contribution in [0.1, 0.15) is 27.0 Å². The van der Waals surface area contributed by atoms with Crippen LogP contribution < -0.4 is 11.3 Å². The summed E-state index contributed by atoms with van der Waals surface area (Å²) in [7, 11) is 1.81. The number of nitrogens with two attached hydrogens (primary N) is 1. The highest BCUT2D eigenvalue weighted by Crippen LogP contribution is 2.17. The van der Waals surface area contributed by atoms with Gasteiger partial charge in [-0.05, 0) is 43.2 Å². The Bertz CT molecular complexity index is 635. The van der Waals surface area contributed by atoms with Crippen LogP contribution in [0.2, 0.25) is 0 Å². The Morgan fingerprint density at radius 1 is 1.14 bits per heavy atom. The zero-order valence-electron chi connectivity index (χ0n) is 12.7. The van der Waals surface area contributed by atoms with Crippen LogP contribution in [0.15, 0.2) is 42.5 Å². The number of hydrogen-bond acceptors (Lipinski definition) is 3. The van der Waals surface area contributed by atoms with Crippen molar-refractivity contribution in [3.05, 3.63) is 64.7 Å². The first-order valence-corrected chi connectivity index (χ1v) is 6.89. The Labute approximate surface area is 125 Å². The first kappa shape index (κ1) is 15.1. The summed E-state index contributed by atoms with van der Waals surface area (Å²) in [6, 6.07) is 13.7. The Kier molecular flexibility index (Phi) is 4.60. The third-order valence-electron chi connectivity index (χ3n) is 3.52. The number of nitrogen functional groups attached to an aromatic ring is 1. The van der Waals surface area contributed by atoms with Gasteiger partial charge in [-0.25, -0.2) is 0 Å². The van der Waals surface area contributed by atoms with E-state index in [4.69, 9.17) is 5.84 Å². The van der Waals surface area contributed by atoms with E-state index in [2.05, 4.69) is 24.5 Å². The van der Waals surface area contributed by atoms with Crippen LogP contribution in [0, 0.1) is 13.8 Å². The van der Waals surface area contributed by atoms with Gasteiger partial charge in [0.2, 0.25) is 0 Å². The predicted molar refractivity (Wildman–Crippen MR) is 86.0 cm³/mol. The number of hydrazine groups is 1. The van der Waals surface area contributed by atoms with Crippen molar-refractivity contribution in [2.45, 2.75) is 20.4 Å². The molecule has 0 saturated carbocycles. The molecule has 3 N–H and O–H groups in total. The van der Waals surface area contributed by atoms with E-state index in [1.165, 1.54) is 5.56 Å². The van der Waals surface area contributed by atoms with Crippen molar-refractivity contribution in [3.63, 3.8) is 0 Å². The van der Waals surface area contributed by atoms with Crippen molar-refractivity contribution >= 4 is 11.6 Å². The van der Waals surface area contributed by atoms with E-state index in [0.29, 0.717) is 12.1 Å². The molecule has 0 aliphatic rings. The van der Waals surface area contributed by atoms with Crippen LogP contribution in [0.3, 0.4) is 0 Å². The van der Waals surface area contributed by atoms with Crippen molar-refractivity contribution in [2.24, 2.45) is 5.84 Å². The minimum atomic E-state index is 0.00208. The van der Waals surface area contributed by atoms with Gasteiger partial charge in [-0.15, -0.1) is 0 Å². The van der Waals surface area contributed by atoms with Crippen molar-refractivity contribution < 1.29 is 4.79 Å². The van der Waals surface area contributed by atoms with Crippen LogP contribution in [0.5, 0.6) is 0 Å². The van der Waals surface area contributed by atoms with Crippen LogP contribution in [-0.2, 0) is 6.54 Å². The number of amides is 1. The molecular weight excluding hydrogens is 262 g/mol. The standard InChI is InChI=1S/C17H21N3O/c1-12-4-6-14(7-5-12)11-20(3)17(21)15-8-9-16(19-18)13(2)10-15/h4-10,19H,11,18H2,1-3H3. The zero-order valence-corrected chi connectivity index (χ0v) is 12.7.